The van der Waals surface area contributed by atoms with E-state index in [0.717, 1.165) is 17.8 Å². The predicted molar refractivity (Wildman–Crippen MR) is 101 cm³/mol. The molecule has 144 valence electrons. The number of ether oxygens (including phenoxy) is 1. The molecule has 3 nitrogen and oxygen atoms in total. The molecule has 0 aromatic rings. The number of hydrogen-bond donors (Lipinski definition) is 1. The quantitative estimate of drug-likeness (QED) is 0.421. The van der Waals surface area contributed by atoms with Crippen LogP contribution in [0.1, 0.15) is 96.8 Å². The van der Waals surface area contributed by atoms with Crippen LogP contribution < -0.4 is 0 Å². The number of rotatable bonds is 9. The topological polar surface area (TPSA) is 49.8 Å². The van der Waals surface area contributed by atoms with Gasteiger partial charge >= 0.3 is 5.97 Å². The smallest absolute Gasteiger partial charge is 0.335 e. The molecule has 1 N–H and O–H groups in total. The van der Waals surface area contributed by atoms with E-state index in [0.29, 0.717) is 5.92 Å². The lowest BCUT2D eigenvalue weighted by Gasteiger charge is -2.37. The molecule has 2 atom stereocenters. The number of aliphatic carboxylic acids is 1. The second-order valence-electron chi connectivity index (χ2n) is 9.02. The van der Waals surface area contributed by atoms with E-state index in [9.17, 15) is 4.79 Å². The van der Waals surface area contributed by atoms with Gasteiger partial charge in [0.05, 0.1) is 6.10 Å². The third-order valence-electron chi connectivity index (χ3n) is 7.32. The summed E-state index contributed by atoms with van der Waals surface area (Å²) >= 11 is 0. The standard InChI is InChI=1S/C22H38O3/c1-2-3-4-5-6-7-16-8-10-17(11-9-16)18-12-14-19(15-13-18)20-21(25-20)22(23)24/h16-21H,2-15H2,1H3,(H,23,24)/t16-,17-,18-,19-,20-,21+/m0/s1. The SMILES string of the molecule is CCCCCCC[C@H]1CC[C@H]([C@H]2CC[C@H]([C@@H]3O[C@H]3C(=O)O)CC2)CC1. The van der Waals surface area contributed by atoms with Gasteiger partial charge in [0, 0.05) is 0 Å². The molecule has 0 bridgehead atoms. The summed E-state index contributed by atoms with van der Waals surface area (Å²) in [5.74, 6) is 2.61. The van der Waals surface area contributed by atoms with Crippen molar-refractivity contribution in [1.29, 1.82) is 0 Å². The van der Waals surface area contributed by atoms with Gasteiger partial charge in [-0.2, -0.15) is 0 Å². The Hall–Kier alpha value is -0.570. The van der Waals surface area contributed by atoms with Crippen molar-refractivity contribution in [2.45, 2.75) is 109 Å². The summed E-state index contributed by atoms with van der Waals surface area (Å²) in [6.07, 6.45) is 18.9. The normalized spacial score (nSPS) is 38.4. The zero-order valence-corrected chi connectivity index (χ0v) is 16.1. The van der Waals surface area contributed by atoms with Crippen LogP contribution in [-0.4, -0.2) is 23.3 Å². The van der Waals surface area contributed by atoms with Crippen molar-refractivity contribution in [1.82, 2.24) is 0 Å². The van der Waals surface area contributed by atoms with Gasteiger partial charge in [-0.15, -0.1) is 0 Å². The molecule has 0 aromatic carbocycles. The van der Waals surface area contributed by atoms with Crippen LogP contribution in [0.2, 0.25) is 0 Å². The summed E-state index contributed by atoms with van der Waals surface area (Å²) in [6.45, 7) is 2.29. The molecule has 0 unspecified atom stereocenters. The first-order valence-electron chi connectivity index (χ1n) is 11.1. The fraction of sp³-hybridized carbons (Fsp3) is 0.955. The summed E-state index contributed by atoms with van der Waals surface area (Å²) in [5.41, 5.74) is 0. The third-order valence-corrected chi connectivity index (χ3v) is 7.32. The lowest BCUT2D eigenvalue weighted by molar-refractivity contribution is -0.138. The molecule has 3 aliphatic rings. The Bertz CT molecular complexity index is 405. The summed E-state index contributed by atoms with van der Waals surface area (Å²) < 4.78 is 5.38. The van der Waals surface area contributed by atoms with Crippen molar-refractivity contribution in [2.75, 3.05) is 0 Å². The minimum absolute atomic E-state index is 0.0295. The molecule has 3 heteroatoms. The molecule has 3 rings (SSSR count). The number of carboxylic acid groups (broad SMARTS) is 1. The first-order chi connectivity index (χ1) is 12.2. The molecular weight excluding hydrogens is 312 g/mol. The van der Waals surface area contributed by atoms with E-state index in [2.05, 4.69) is 6.92 Å². The Balaban J connectivity index is 1.28. The molecule has 0 spiro atoms. The molecule has 2 aliphatic carbocycles. The Morgan fingerprint density at radius 3 is 1.96 bits per heavy atom. The number of unbranched alkanes of at least 4 members (excludes halogenated alkanes) is 4. The minimum atomic E-state index is -0.764. The second kappa shape index (κ2) is 9.39. The van der Waals surface area contributed by atoms with E-state index in [4.69, 9.17) is 9.84 Å². The first-order valence-corrected chi connectivity index (χ1v) is 11.1. The predicted octanol–water partition coefficient (Wildman–Crippen LogP) is 5.81. The highest BCUT2D eigenvalue weighted by Gasteiger charge is 2.50. The lowest BCUT2D eigenvalue weighted by atomic mass is 9.68. The van der Waals surface area contributed by atoms with Crippen molar-refractivity contribution in [2.24, 2.45) is 23.7 Å². The number of hydrogen-bond acceptors (Lipinski definition) is 2. The molecule has 1 heterocycles. The summed E-state index contributed by atoms with van der Waals surface area (Å²) in [7, 11) is 0. The van der Waals surface area contributed by atoms with Crippen molar-refractivity contribution < 1.29 is 14.6 Å². The maximum atomic E-state index is 11.0. The molecule has 3 fully saturated rings. The molecular formula is C22H38O3. The van der Waals surface area contributed by atoms with Gasteiger partial charge in [0.15, 0.2) is 6.10 Å². The zero-order chi connectivity index (χ0) is 17.6. The van der Waals surface area contributed by atoms with Gasteiger partial charge < -0.3 is 9.84 Å². The second-order valence-corrected chi connectivity index (χ2v) is 9.02. The molecule has 2 saturated carbocycles. The van der Waals surface area contributed by atoms with Gasteiger partial charge in [0.2, 0.25) is 0 Å². The fourth-order valence-corrected chi connectivity index (χ4v) is 5.61. The van der Waals surface area contributed by atoms with E-state index < -0.39 is 12.1 Å². The van der Waals surface area contributed by atoms with E-state index in [1.54, 1.807) is 0 Å². The average molecular weight is 351 g/mol. The van der Waals surface area contributed by atoms with Crippen LogP contribution in [0.3, 0.4) is 0 Å². The third kappa shape index (κ3) is 5.45. The van der Waals surface area contributed by atoms with Crippen LogP contribution in [0.4, 0.5) is 0 Å². The van der Waals surface area contributed by atoms with Crippen LogP contribution >= 0.6 is 0 Å². The van der Waals surface area contributed by atoms with E-state index >= 15 is 0 Å². The Kier molecular flexibility index (Phi) is 7.21. The van der Waals surface area contributed by atoms with E-state index in [1.165, 1.54) is 89.9 Å². The van der Waals surface area contributed by atoms with Crippen LogP contribution in [0.25, 0.3) is 0 Å². The number of carboxylic acids is 1. The Labute approximate surface area is 153 Å². The van der Waals surface area contributed by atoms with Gasteiger partial charge in [0.25, 0.3) is 0 Å². The Morgan fingerprint density at radius 2 is 1.40 bits per heavy atom. The largest absolute Gasteiger partial charge is 0.479 e. The maximum absolute atomic E-state index is 11.0. The van der Waals surface area contributed by atoms with Gasteiger partial charge in [-0.1, -0.05) is 58.3 Å². The summed E-state index contributed by atoms with van der Waals surface area (Å²) in [6, 6.07) is 0. The minimum Gasteiger partial charge on any atom is -0.479 e. The van der Waals surface area contributed by atoms with Crippen molar-refractivity contribution in [3.8, 4) is 0 Å². The zero-order valence-electron chi connectivity index (χ0n) is 16.1. The average Bonchev–Trinajstić information content (AvgIpc) is 3.43. The first kappa shape index (κ1) is 19.2. The van der Waals surface area contributed by atoms with Gasteiger partial charge in [-0.25, -0.2) is 4.79 Å². The van der Waals surface area contributed by atoms with Crippen molar-refractivity contribution >= 4 is 5.97 Å². The van der Waals surface area contributed by atoms with Crippen LogP contribution in [-0.2, 0) is 9.53 Å². The monoisotopic (exact) mass is 350 g/mol. The molecule has 0 amide bonds. The highest BCUT2D eigenvalue weighted by Crippen LogP contribution is 2.45. The Morgan fingerprint density at radius 1 is 0.840 bits per heavy atom. The fourth-order valence-electron chi connectivity index (χ4n) is 5.61. The van der Waals surface area contributed by atoms with Crippen LogP contribution in [0.15, 0.2) is 0 Å². The van der Waals surface area contributed by atoms with Crippen molar-refractivity contribution in [3.05, 3.63) is 0 Å². The van der Waals surface area contributed by atoms with Gasteiger partial charge in [-0.3, -0.25) is 0 Å². The number of carbonyl (C=O) groups is 1. The molecule has 0 aromatic heterocycles. The summed E-state index contributed by atoms with van der Waals surface area (Å²) in [5, 5.41) is 9.01. The van der Waals surface area contributed by atoms with E-state index in [1.807, 2.05) is 0 Å². The summed E-state index contributed by atoms with van der Waals surface area (Å²) in [4.78, 5) is 11.0. The van der Waals surface area contributed by atoms with Gasteiger partial charge in [0.1, 0.15) is 0 Å². The maximum Gasteiger partial charge on any atom is 0.335 e. The van der Waals surface area contributed by atoms with Crippen LogP contribution in [0.5, 0.6) is 0 Å². The molecule has 1 aliphatic heterocycles. The van der Waals surface area contributed by atoms with Crippen LogP contribution in [0, 0.1) is 23.7 Å². The highest BCUT2D eigenvalue weighted by molar-refractivity contribution is 5.75. The van der Waals surface area contributed by atoms with Crippen molar-refractivity contribution in [3.63, 3.8) is 0 Å². The highest BCUT2D eigenvalue weighted by atomic mass is 16.6. The number of epoxide rings is 1. The molecule has 1 saturated heterocycles. The van der Waals surface area contributed by atoms with Gasteiger partial charge in [-0.05, 0) is 62.2 Å². The molecule has 25 heavy (non-hydrogen) atoms. The van der Waals surface area contributed by atoms with E-state index in [-0.39, 0.29) is 6.10 Å². The molecule has 0 radical (unpaired) electrons. The lowest BCUT2D eigenvalue weighted by Crippen LogP contribution is -2.28.